The summed E-state index contributed by atoms with van der Waals surface area (Å²) in [4.78, 5) is 26.6. The van der Waals surface area contributed by atoms with Crippen LogP contribution in [0.4, 0.5) is 18.9 Å². The average Bonchev–Trinajstić information content (AvgIpc) is 2.81. The fraction of sp³-hybridized carbons (Fsp3) is 0.263. The molecule has 3 rings (SSSR count). The lowest BCUT2D eigenvalue weighted by Gasteiger charge is -2.20. The Morgan fingerprint density at radius 1 is 1.25 bits per heavy atom. The molecule has 0 fully saturated rings. The van der Waals surface area contributed by atoms with E-state index >= 15 is 0 Å². The molecule has 0 spiro atoms. The van der Waals surface area contributed by atoms with Crippen molar-refractivity contribution >= 4 is 29.3 Å². The molecule has 0 atom stereocenters. The van der Waals surface area contributed by atoms with Crippen molar-refractivity contribution in [3.05, 3.63) is 53.6 Å². The number of rotatable bonds is 4. The van der Waals surface area contributed by atoms with E-state index in [2.05, 4.69) is 10.1 Å². The second-order valence-electron chi connectivity index (χ2n) is 6.17. The molecular formula is C19H17F3N2O3S. The number of nitrogens with one attached hydrogen (secondary N) is 1. The Labute approximate surface area is 163 Å². The average molecular weight is 410 g/mol. The van der Waals surface area contributed by atoms with E-state index in [0.717, 1.165) is 4.90 Å². The first-order chi connectivity index (χ1) is 13.2. The molecule has 2 aromatic rings. The number of ether oxygens (including phenoxy) is 1. The standard InChI is InChI=1S/C19H17F3N2O3S/c1-24(11-13-4-2-3-5-15(13)27-19(20,21)22)18(26)12-6-7-16-14(10-12)23-17(25)8-9-28-16/h2-7,10H,8-9,11H2,1H3,(H,23,25). The zero-order valence-corrected chi connectivity index (χ0v) is 15.7. The number of fused-ring (bicyclic) bond motifs is 1. The molecule has 0 saturated heterocycles. The fourth-order valence-corrected chi connectivity index (χ4v) is 3.70. The van der Waals surface area contributed by atoms with Crippen molar-refractivity contribution < 1.29 is 27.5 Å². The van der Waals surface area contributed by atoms with Crippen LogP contribution in [-0.4, -0.2) is 35.9 Å². The van der Waals surface area contributed by atoms with Gasteiger partial charge in [0, 0.05) is 41.8 Å². The molecule has 0 aromatic heterocycles. The van der Waals surface area contributed by atoms with Gasteiger partial charge >= 0.3 is 6.36 Å². The van der Waals surface area contributed by atoms with Gasteiger partial charge < -0.3 is 15.0 Å². The smallest absolute Gasteiger partial charge is 0.405 e. The Kier molecular flexibility index (Phi) is 5.83. The summed E-state index contributed by atoms with van der Waals surface area (Å²) >= 11 is 1.52. The van der Waals surface area contributed by atoms with Gasteiger partial charge in [0.25, 0.3) is 5.91 Å². The number of carbonyl (C=O) groups excluding carboxylic acids is 2. The Hall–Kier alpha value is -2.68. The Balaban J connectivity index is 1.78. The van der Waals surface area contributed by atoms with Gasteiger partial charge in [-0.25, -0.2) is 0 Å². The summed E-state index contributed by atoms with van der Waals surface area (Å²) in [6, 6.07) is 10.7. The third-order valence-corrected chi connectivity index (χ3v) is 5.12. The van der Waals surface area contributed by atoms with Crippen LogP contribution in [0, 0.1) is 0 Å². The van der Waals surface area contributed by atoms with Crippen LogP contribution in [-0.2, 0) is 11.3 Å². The number of alkyl halides is 3. The number of thioether (sulfide) groups is 1. The normalized spacial score (nSPS) is 13.9. The van der Waals surface area contributed by atoms with Crippen LogP contribution in [0.3, 0.4) is 0 Å². The summed E-state index contributed by atoms with van der Waals surface area (Å²) in [5.41, 5.74) is 1.13. The second-order valence-corrected chi connectivity index (χ2v) is 7.31. The third-order valence-electron chi connectivity index (χ3n) is 4.04. The highest BCUT2D eigenvalue weighted by molar-refractivity contribution is 7.99. The third kappa shape index (κ3) is 4.98. The summed E-state index contributed by atoms with van der Waals surface area (Å²) in [6.07, 6.45) is -4.43. The van der Waals surface area contributed by atoms with E-state index in [-0.39, 0.29) is 29.7 Å². The molecule has 28 heavy (non-hydrogen) atoms. The molecule has 0 bridgehead atoms. The number of amides is 2. The SMILES string of the molecule is CN(Cc1ccccc1OC(F)(F)F)C(=O)c1ccc2c(c1)NC(=O)CCS2. The number of halogens is 3. The molecule has 0 unspecified atom stereocenters. The zero-order chi connectivity index (χ0) is 20.3. The van der Waals surface area contributed by atoms with E-state index in [9.17, 15) is 22.8 Å². The number of nitrogens with zero attached hydrogens (tertiary/aromatic N) is 1. The molecule has 0 saturated carbocycles. The highest BCUT2D eigenvalue weighted by Gasteiger charge is 2.32. The molecular weight excluding hydrogens is 393 g/mol. The van der Waals surface area contributed by atoms with E-state index in [1.165, 1.54) is 41.9 Å². The van der Waals surface area contributed by atoms with Gasteiger partial charge in [0.2, 0.25) is 5.91 Å². The predicted octanol–water partition coefficient (Wildman–Crippen LogP) is 4.29. The Morgan fingerprint density at radius 3 is 2.75 bits per heavy atom. The topological polar surface area (TPSA) is 58.6 Å². The summed E-state index contributed by atoms with van der Waals surface area (Å²) in [7, 11) is 1.49. The maximum absolute atomic E-state index is 12.7. The maximum atomic E-state index is 12.7. The van der Waals surface area contributed by atoms with Crippen molar-refractivity contribution in [2.24, 2.45) is 0 Å². The zero-order valence-electron chi connectivity index (χ0n) is 14.9. The lowest BCUT2D eigenvalue weighted by atomic mass is 10.1. The molecule has 1 aliphatic rings. The molecule has 148 valence electrons. The van der Waals surface area contributed by atoms with Crippen molar-refractivity contribution in [3.8, 4) is 5.75 Å². The van der Waals surface area contributed by atoms with Gasteiger partial charge in [0.05, 0.1) is 5.69 Å². The molecule has 9 heteroatoms. The minimum Gasteiger partial charge on any atom is -0.405 e. The number of hydrogen-bond acceptors (Lipinski definition) is 4. The lowest BCUT2D eigenvalue weighted by molar-refractivity contribution is -0.275. The van der Waals surface area contributed by atoms with E-state index in [0.29, 0.717) is 23.4 Å². The number of anilines is 1. The van der Waals surface area contributed by atoms with Crippen molar-refractivity contribution in [2.45, 2.75) is 24.2 Å². The molecule has 1 aliphatic heterocycles. The van der Waals surface area contributed by atoms with Crippen LogP contribution in [0.25, 0.3) is 0 Å². The second kappa shape index (κ2) is 8.14. The van der Waals surface area contributed by atoms with Crippen molar-refractivity contribution in [1.82, 2.24) is 4.90 Å². The number of carbonyl (C=O) groups is 2. The molecule has 2 amide bonds. The van der Waals surface area contributed by atoms with E-state index in [1.807, 2.05) is 0 Å². The summed E-state index contributed by atoms with van der Waals surface area (Å²) < 4.78 is 41.7. The monoisotopic (exact) mass is 410 g/mol. The van der Waals surface area contributed by atoms with Gasteiger partial charge in [0.1, 0.15) is 5.75 Å². The van der Waals surface area contributed by atoms with Gasteiger partial charge in [0.15, 0.2) is 0 Å². The summed E-state index contributed by atoms with van der Waals surface area (Å²) in [6.45, 7) is -0.0662. The first-order valence-corrected chi connectivity index (χ1v) is 9.37. The van der Waals surface area contributed by atoms with Gasteiger partial charge in [-0.15, -0.1) is 24.9 Å². The van der Waals surface area contributed by atoms with Crippen LogP contribution in [0.15, 0.2) is 47.4 Å². The van der Waals surface area contributed by atoms with Crippen LogP contribution in [0.1, 0.15) is 22.3 Å². The number of para-hydroxylation sites is 1. The summed E-state index contributed by atoms with van der Waals surface area (Å²) in [5, 5.41) is 2.77. The van der Waals surface area contributed by atoms with Crippen LogP contribution in [0.5, 0.6) is 5.75 Å². The first-order valence-electron chi connectivity index (χ1n) is 8.39. The van der Waals surface area contributed by atoms with Crippen molar-refractivity contribution in [2.75, 3.05) is 18.1 Å². The van der Waals surface area contributed by atoms with Crippen LogP contribution in [0.2, 0.25) is 0 Å². The molecule has 2 aromatic carbocycles. The molecule has 0 radical (unpaired) electrons. The first kappa shape index (κ1) is 20.1. The highest BCUT2D eigenvalue weighted by Crippen LogP contribution is 2.32. The predicted molar refractivity (Wildman–Crippen MR) is 99.3 cm³/mol. The Bertz CT molecular complexity index is 902. The van der Waals surface area contributed by atoms with E-state index in [1.54, 1.807) is 24.3 Å². The number of benzene rings is 2. The molecule has 0 aliphatic carbocycles. The highest BCUT2D eigenvalue weighted by atomic mass is 32.2. The van der Waals surface area contributed by atoms with Crippen LogP contribution < -0.4 is 10.1 Å². The molecule has 5 nitrogen and oxygen atoms in total. The fourth-order valence-electron chi connectivity index (χ4n) is 2.76. The maximum Gasteiger partial charge on any atom is 0.573 e. The molecule has 1 heterocycles. The van der Waals surface area contributed by atoms with Gasteiger partial charge in [-0.05, 0) is 24.3 Å². The van der Waals surface area contributed by atoms with Crippen molar-refractivity contribution in [3.63, 3.8) is 0 Å². The van der Waals surface area contributed by atoms with Gasteiger partial charge in [-0.2, -0.15) is 0 Å². The van der Waals surface area contributed by atoms with Gasteiger partial charge in [-0.1, -0.05) is 18.2 Å². The summed E-state index contributed by atoms with van der Waals surface area (Å²) in [5.74, 6) is -0.196. The lowest BCUT2D eigenvalue weighted by Crippen LogP contribution is -2.27. The minimum atomic E-state index is -4.81. The molecule has 1 N–H and O–H groups in total. The Morgan fingerprint density at radius 2 is 2.00 bits per heavy atom. The quantitative estimate of drug-likeness (QED) is 0.817. The van der Waals surface area contributed by atoms with Gasteiger partial charge in [-0.3, -0.25) is 9.59 Å². The van der Waals surface area contributed by atoms with E-state index < -0.39 is 6.36 Å². The number of hydrogen-bond donors (Lipinski definition) is 1. The van der Waals surface area contributed by atoms with Crippen LogP contribution >= 0.6 is 11.8 Å². The minimum absolute atomic E-state index is 0.0662. The largest absolute Gasteiger partial charge is 0.573 e. The van der Waals surface area contributed by atoms with Crippen molar-refractivity contribution in [1.29, 1.82) is 0 Å². The van der Waals surface area contributed by atoms with E-state index in [4.69, 9.17) is 0 Å².